The number of imidazole rings is 1. The summed E-state index contributed by atoms with van der Waals surface area (Å²) in [6.45, 7) is 1.44. The lowest BCUT2D eigenvalue weighted by Crippen LogP contribution is -2.47. The molecule has 1 aliphatic rings. The molecule has 0 fully saturated rings. The number of halogens is 6. The first kappa shape index (κ1) is 21.2. The molecule has 1 aromatic heterocycles. The number of rotatable bonds is 4. The molecule has 1 amide bonds. The van der Waals surface area contributed by atoms with Crippen LogP contribution in [0, 0.1) is 17.5 Å². The molecule has 3 rings (SSSR count). The van der Waals surface area contributed by atoms with Crippen LogP contribution >= 0.6 is 0 Å². The fourth-order valence-corrected chi connectivity index (χ4v) is 3.41. The molecule has 158 valence electrons. The van der Waals surface area contributed by atoms with E-state index in [9.17, 15) is 31.1 Å². The maximum atomic E-state index is 13.7. The highest BCUT2D eigenvalue weighted by atomic mass is 19.4. The van der Waals surface area contributed by atoms with Crippen molar-refractivity contribution < 1.29 is 31.1 Å². The van der Waals surface area contributed by atoms with E-state index in [1.807, 2.05) is 0 Å². The van der Waals surface area contributed by atoms with Crippen molar-refractivity contribution in [1.29, 1.82) is 0 Å². The Hall–Kier alpha value is -2.56. The third-order valence-corrected chi connectivity index (χ3v) is 4.83. The summed E-state index contributed by atoms with van der Waals surface area (Å²) in [5.74, 6) is -4.97. The topological polar surface area (TPSA) is 64.2 Å². The summed E-state index contributed by atoms with van der Waals surface area (Å²) < 4.78 is 80.1. The molecular weight excluding hydrogens is 402 g/mol. The van der Waals surface area contributed by atoms with Gasteiger partial charge in [0.25, 0.3) is 0 Å². The Kier molecular flexibility index (Phi) is 5.61. The Bertz CT molecular complexity index is 926. The molecule has 2 heterocycles. The molecule has 1 unspecified atom stereocenters. The number of alkyl halides is 3. The summed E-state index contributed by atoms with van der Waals surface area (Å²) in [4.78, 5) is 17.4. The molecule has 2 aromatic rings. The number of nitrogens with zero attached hydrogens (tertiary/aromatic N) is 3. The number of carbonyl (C=O) groups excluding carboxylic acids is 1. The average Bonchev–Trinajstić information content (AvgIpc) is 3.01. The van der Waals surface area contributed by atoms with Gasteiger partial charge in [0.2, 0.25) is 11.7 Å². The predicted octanol–water partition coefficient (Wildman–Crippen LogP) is 3.01. The van der Waals surface area contributed by atoms with Crippen LogP contribution in [0.4, 0.5) is 26.3 Å². The van der Waals surface area contributed by atoms with Gasteiger partial charge >= 0.3 is 6.18 Å². The van der Waals surface area contributed by atoms with Crippen molar-refractivity contribution >= 4 is 5.91 Å². The molecule has 11 heteroatoms. The molecule has 2 N–H and O–H groups in total. The van der Waals surface area contributed by atoms with Crippen LogP contribution in [0.5, 0.6) is 0 Å². The summed E-state index contributed by atoms with van der Waals surface area (Å²) in [5.41, 5.74) is 5.95. The van der Waals surface area contributed by atoms with Crippen molar-refractivity contribution in [3.8, 4) is 0 Å². The van der Waals surface area contributed by atoms with E-state index in [4.69, 9.17) is 5.73 Å². The predicted molar refractivity (Wildman–Crippen MR) is 89.9 cm³/mol. The van der Waals surface area contributed by atoms with E-state index in [1.54, 1.807) is 6.92 Å². The number of aromatic nitrogens is 2. The van der Waals surface area contributed by atoms with E-state index in [-0.39, 0.29) is 37.2 Å². The lowest BCUT2D eigenvalue weighted by Gasteiger charge is -2.35. The largest absolute Gasteiger partial charge is 0.449 e. The van der Waals surface area contributed by atoms with E-state index >= 15 is 0 Å². The maximum Gasteiger partial charge on any atom is 0.449 e. The first-order valence-electron chi connectivity index (χ1n) is 8.77. The Morgan fingerprint density at radius 1 is 1.24 bits per heavy atom. The van der Waals surface area contributed by atoms with Gasteiger partial charge < -0.3 is 15.2 Å². The molecule has 29 heavy (non-hydrogen) atoms. The fourth-order valence-electron chi connectivity index (χ4n) is 3.41. The molecule has 1 aliphatic heterocycles. The van der Waals surface area contributed by atoms with Crippen LogP contribution in [0.2, 0.25) is 0 Å². The van der Waals surface area contributed by atoms with Crippen LogP contribution in [0.1, 0.15) is 30.4 Å². The number of benzene rings is 1. The zero-order valence-electron chi connectivity index (χ0n) is 15.3. The van der Waals surface area contributed by atoms with Gasteiger partial charge in [-0.3, -0.25) is 4.79 Å². The van der Waals surface area contributed by atoms with Crippen LogP contribution in [0.3, 0.4) is 0 Å². The van der Waals surface area contributed by atoms with E-state index < -0.39 is 47.4 Å². The molecule has 0 spiro atoms. The molecule has 0 saturated heterocycles. The van der Waals surface area contributed by atoms with Crippen LogP contribution in [0.15, 0.2) is 18.3 Å². The number of carbonyl (C=O) groups is 1. The fraction of sp³-hybridized carbons (Fsp3) is 0.444. The Morgan fingerprint density at radius 2 is 1.90 bits per heavy atom. The molecule has 0 saturated carbocycles. The van der Waals surface area contributed by atoms with E-state index in [2.05, 4.69) is 4.98 Å². The Labute approximate surface area is 162 Å². The smallest absolute Gasteiger partial charge is 0.332 e. The molecule has 1 aromatic carbocycles. The summed E-state index contributed by atoms with van der Waals surface area (Å²) in [6, 6.07) is -0.328. The summed E-state index contributed by atoms with van der Waals surface area (Å²) >= 11 is 0. The highest BCUT2D eigenvalue weighted by molar-refractivity contribution is 5.77. The third kappa shape index (κ3) is 4.39. The van der Waals surface area contributed by atoms with Crippen molar-refractivity contribution in [2.45, 2.75) is 51.1 Å². The lowest BCUT2D eigenvalue weighted by molar-refractivity contribution is -0.148. The minimum atomic E-state index is -4.60. The van der Waals surface area contributed by atoms with Crippen molar-refractivity contribution in [3.63, 3.8) is 0 Å². The molecular formula is C18H18F6N4O. The van der Waals surface area contributed by atoms with Crippen LogP contribution < -0.4 is 5.73 Å². The zero-order valence-corrected chi connectivity index (χ0v) is 15.3. The summed E-state index contributed by atoms with van der Waals surface area (Å²) in [6.07, 6.45) is -3.96. The van der Waals surface area contributed by atoms with Crippen molar-refractivity contribution in [2.24, 2.45) is 5.73 Å². The number of nitrogens with two attached hydrogens (primary N) is 1. The normalized spacial score (nSPS) is 17.9. The minimum Gasteiger partial charge on any atom is -0.332 e. The number of amides is 1. The van der Waals surface area contributed by atoms with Gasteiger partial charge in [0.05, 0.1) is 18.4 Å². The van der Waals surface area contributed by atoms with Gasteiger partial charge in [-0.05, 0) is 25.0 Å². The average molecular weight is 420 g/mol. The van der Waals surface area contributed by atoms with Gasteiger partial charge in [0.15, 0.2) is 11.6 Å². The van der Waals surface area contributed by atoms with Crippen molar-refractivity contribution in [2.75, 3.05) is 0 Å². The van der Waals surface area contributed by atoms with Gasteiger partial charge in [0, 0.05) is 31.1 Å². The lowest BCUT2D eigenvalue weighted by atomic mass is 10.0. The molecule has 0 bridgehead atoms. The van der Waals surface area contributed by atoms with Crippen LogP contribution in [-0.4, -0.2) is 32.4 Å². The molecule has 0 aliphatic carbocycles. The highest BCUT2D eigenvalue weighted by Gasteiger charge is 2.40. The Morgan fingerprint density at radius 3 is 2.55 bits per heavy atom. The zero-order chi connectivity index (χ0) is 21.5. The van der Waals surface area contributed by atoms with Crippen molar-refractivity contribution in [3.05, 3.63) is 52.9 Å². The van der Waals surface area contributed by atoms with Gasteiger partial charge in [0.1, 0.15) is 5.82 Å². The monoisotopic (exact) mass is 420 g/mol. The standard InChI is InChI=1S/C18H18F6N4O/c1-9-7-28-12(6-26-17(28)18(22,23)24)8-27(9)16(29)4-11(25)2-10-3-14(20)15(21)5-13(10)19/h3,5-6,9,11H,2,4,7-8,25H2,1H3/t9?,11-/m1/s1. The molecule has 5 nitrogen and oxygen atoms in total. The van der Waals surface area contributed by atoms with Crippen LogP contribution in [0.25, 0.3) is 0 Å². The van der Waals surface area contributed by atoms with E-state index in [0.29, 0.717) is 12.1 Å². The molecule has 0 radical (unpaired) electrons. The minimum absolute atomic E-state index is 0.0741. The van der Waals surface area contributed by atoms with E-state index in [0.717, 1.165) is 10.8 Å². The number of fused-ring (bicyclic) bond motifs is 1. The highest BCUT2D eigenvalue weighted by Crippen LogP contribution is 2.31. The summed E-state index contributed by atoms with van der Waals surface area (Å²) in [7, 11) is 0. The SMILES string of the molecule is CC1Cn2c(cnc2C(F)(F)F)CN1C(=O)C[C@H](N)Cc1cc(F)c(F)cc1F. The first-order valence-corrected chi connectivity index (χ1v) is 8.77. The summed E-state index contributed by atoms with van der Waals surface area (Å²) in [5, 5.41) is 0. The van der Waals surface area contributed by atoms with Gasteiger partial charge in [-0.15, -0.1) is 0 Å². The third-order valence-electron chi connectivity index (χ3n) is 4.83. The maximum absolute atomic E-state index is 13.7. The quantitative estimate of drug-likeness (QED) is 0.611. The molecule has 2 atom stereocenters. The van der Waals surface area contributed by atoms with Gasteiger partial charge in [-0.2, -0.15) is 13.2 Å². The van der Waals surface area contributed by atoms with Gasteiger partial charge in [-0.25, -0.2) is 18.2 Å². The first-order chi connectivity index (χ1) is 13.5. The Balaban J connectivity index is 1.68. The van der Waals surface area contributed by atoms with Crippen molar-refractivity contribution in [1.82, 2.24) is 14.5 Å². The number of hydrogen-bond acceptors (Lipinski definition) is 3. The van der Waals surface area contributed by atoms with Gasteiger partial charge in [-0.1, -0.05) is 0 Å². The van der Waals surface area contributed by atoms with E-state index in [1.165, 1.54) is 4.90 Å². The second-order valence-electron chi connectivity index (χ2n) is 7.08. The number of hydrogen-bond donors (Lipinski definition) is 1. The van der Waals surface area contributed by atoms with Crippen LogP contribution in [-0.2, 0) is 30.5 Å². The second kappa shape index (κ2) is 7.69. The second-order valence-corrected chi connectivity index (χ2v) is 7.08.